The number of hydrogen-bond acceptors (Lipinski definition) is 3. The monoisotopic (exact) mass is 360 g/mol. The number of benzene rings is 1. The third kappa shape index (κ3) is 5.27. The average Bonchev–Trinajstić information content (AvgIpc) is 2.96. The lowest BCUT2D eigenvalue weighted by atomic mass is 10.1. The number of amides is 2. The zero-order valence-electron chi connectivity index (χ0n) is 12.1. The van der Waals surface area contributed by atoms with Gasteiger partial charge in [-0.3, -0.25) is 25.1 Å². The quantitative estimate of drug-likeness (QED) is 0.818. The number of hydrazine groups is 1. The Hall–Kier alpha value is -2.55. The molecule has 0 saturated carbocycles. The van der Waals surface area contributed by atoms with E-state index in [2.05, 4.69) is 16.0 Å². The van der Waals surface area contributed by atoms with Crippen LogP contribution in [0, 0.1) is 0 Å². The molecule has 0 aliphatic carbocycles. The van der Waals surface area contributed by atoms with Gasteiger partial charge in [-0.05, 0) is 23.8 Å². The molecule has 24 heavy (non-hydrogen) atoms. The minimum atomic E-state index is -4.57. The van der Waals surface area contributed by atoms with Crippen LogP contribution in [0.25, 0.3) is 0 Å². The number of carbonyl (C=O) groups is 2. The summed E-state index contributed by atoms with van der Waals surface area (Å²) in [6.45, 7) is -0.461. The van der Waals surface area contributed by atoms with Crippen LogP contribution >= 0.6 is 11.6 Å². The van der Waals surface area contributed by atoms with Crippen LogP contribution in [0.3, 0.4) is 0 Å². The van der Waals surface area contributed by atoms with Crippen LogP contribution in [0.5, 0.6) is 0 Å². The second-order valence-corrected chi connectivity index (χ2v) is 5.23. The molecule has 1 heterocycles. The van der Waals surface area contributed by atoms with Crippen LogP contribution in [-0.2, 0) is 28.7 Å². The summed E-state index contributed by atoms with van der Waals surface area (Å²) < 4.78 is 38.0. The summed E-state index contributed by atoms with van der Waals surface area (Å²) in [5.41, 5.74) is 3.86. The van der Waals surface area contributed by atoms with Crippen molar-refractivity contribution in [3.8, 4) is 0 Å². The molecule has 2 N–H and O–H groups in total. The highest BCUT2D eigenvalue weighted by molar-refractivity contribution is 6.30. The van der Waals surface area contributed by atoms with E-state index in [9.17, 15) is 22.8 Å². The van der Waals surface area contributed by atoms with Gasteiger partial charge in [0.15, 0.2) is 5.69 Å². The van der Waals surface area contributed by atoms with Gasteiger partial charge in [-0.15, -0.1) is 0 Å². The normalized spacial score (nSPS) is 11.2. The zero-order valence-corrected chi connectivity index (χ0v) is 12.9. The molecule has 0 atom stereocenters. The number of aromatic nitrogens is 2. The summed E-state index contributed by atoms with van der Waals surface area (Å²) in [4.78, 5) is 23.2. The first-order chi connectivity index (χ1) is 11.2. The Morgan fingerprint density at radius 2 is 1.71 bits per heavy atom. The second-order valence-electron chi connectivity index (χ2n) is 4.80. The van der Waals surface area contributed by atoms with Gasteiger partial charge in [0.2, 0.25) is 5.91 Å². The average molecular weight is 361 g/mol. The predicted molar refractivity (Wildman–Crippen MR) is 78.7 cm³/mol. The third-order valence-electron chi connectivity index (χ3n) is 2.86. The van der Waals surface area contributed by atoms with Gasteiger partial charge in [-0.1, -0.05) is 23.7 Å². The molecule has 0 radical (unpaired) electrons. The first kappa shape index (κ1) is 17.8. The van der Waals surface area contributed by atoms with Crippen LogP contribution < -0.4 is 10.9 Å². The minimum absolute atomic E-state index is 0.0113. The SMILES string of the molecule is O=C(Cc1ccc(Cl)cc1)NNC(=O)Cn1ccc(C(F)(F)F)n1. The van der Waals surface area contributed by atoms with Gasteiger partial charge in [-0.2, -0.15) is 18.3 Å². The highest BCUT2D eigenvalue weighted by Crippen LogP contribution is 2.27. The maximum absolute atomic E-state index is 12.4. The molecule has 10 heteroatoms. The zero-order chi connectivity index (χ0) is 17.7. The number of hydrogen-bond donors (Lipinski definition) is 2. The third-order valence-corrected chi connectivity index (χ3v) is 3.11. The van der Waals surface area contributed by atoms with Gasteiger partial charge >= 0.3 is 6.18 Å². The summed E-state index contributed by atoms with van der Waals surface area (Å²) in [5.74, 6) is -1.20. The van der Waals surface area contributed by atoms with Crippen LogP contribution in [0.2, 0.25) is 5.02 Å². The van der Waals surface area contributed by atoms with Gasteiger partial charge in [0.1, 0.15) is 6.54 Å². The van der Waals surface area contributed by atoms with E-state index in [0.29, 0.717) is 10.6 Å². The van der Waals surface area contributed by atoms with E-state index >= 15 is 0 Å². The molecule has 2 amide bonds. The van der Waals surface area contributed by atoms with Crippen molar-refractivity contribution in [2.24, 2.45) is 0 Å². The molecule has 2 aromatic rings. The fourth-order valence-electron chi connectivity index (χ4n) is 1.76. The van der Waals surface area contributed by atoms with E-state index < -0.39 is 30.2 Å². The Morgan fingerprint density at radius 3 is 2.29 bits per heavy atom. The molecular formula is C14H12ClF3N4O2. The van der Waals surface area contributed by atoms with Crippen LogP contribution in [-0.4, -0.2) is 21.6 Å². The Bertz CT molecular complexity index is 728. The van der Waals surface area contributed by atoms with Crippen molar-refractivity contribution >= 4 is 23.4 Å². The lowest BCUT2D eigenvalue weighted by Crippen LogP contribution is -2.43. The maximum Gasteiger partial charge on any atom is 0.435 e. The van der Waals surface area contributed by atoms with Gasteiger partial charge in [0.25, 0.3) is 5.91 Å². The second kappa shape index (κ2) is 7.35. The number of nitrogens with zero attached hydrogens (tertiary/aromatic N) is 2. The van der Waals surface area contributed by atoms with Gasteiger partial charge < -0.3 is 0 Å². The van der Waals surface area contributed by atoms with Crippen LogP contribution in [0.1, 0.15) is 11.3 Å². The van der Waals surface area contributed by atoms with Crippen molar-refractivity contribution in [1.82, 2.24) is 20.6 Å². The van der Waals surface area contributed by atoms with Gasteiger partial charge in [0.05, 0.1) is 6.42 Å². The number of carbonyl (C=O) groups excluding carboxylic acids is 2. The van der Waals surface area contributed by atoms with Gasteiger partial charge in [-0.25, -0.2) is 0 Å². The van der Waals surface area contributed by atoms with E-state index in [1.165, 1.54) is 0 Å². The van der Waals surface area contributed by atoms with Crippen molar-refractivity contribution in [1.29, 1.82) is 0 Å². The molecule has 2 rings (SSSR count). The predicted octanol–water partition coefficient (Wildman–Crippen LogP) is 1.95. The molecule has 6 nitrogen and oxygen atoms in total. The lowest BCUT2D eigenvalue weighted by molar-refractivity contribution is -0.141. The molecule has 0 aliphatic rings. The summed E-state index contributed by atoms with van der Waals surface area (Å²) >= 11 is 5.72. The lowest BCUT2D eigenvalue weighted by Gasteiger charge is -2.08. The molecule has 1 aromatic heterocycles. The van der Waals surface area contributed by atoms with Crippen LogP contribution in [0.15, 0.2) is 36.5 Å². The molecule has 0 fully saturated rings. The molecule has 1 aromatic carbocycles. The highest BCUT2D eigenvalue weighted by Gasteiger charge is 2.33. The Balaban J connectivity index is 1.79. The number of halogens is 4. The summed E-state index contributed by atoms with van der Waals surface area (Å²) in [5, 5.41) is 3.76. The van der Waals surface area contributed by atoms with Crippen LogP contribution in [0.4, 0.5) is 13.2 Å². The van der Waals surface area contributed by atoms with Crippen molar-refractivity contribution in [2.45, 2.75) is 19.1 Å². The number of rotatable bonds is 4. The summed E-state index contributed by atoms with van der Waals surface area (Å²) in [6.07, 6.45) is -3.54. The van der Waals surface area contributed by atoms with Crippen molar-refractivity contribution in [3.63, 3.8) is 0 Å². The Kier molecular flexibility index (Phi) is 5.45. The Morgan fingerprint density at radius 1 is 1.08 bits per heavy atom. The fourth-order valence-corrected chi connectivity index (χ4v) is 1.88. The van der Waals surface area contributed by atoms with E-state index in [0.717, 1.165) is 16.9 Å². The maximum atomic E-state index is 12.4. The first-order valence-electron chi connectivity index (χ1n) is 6.67. The van der Waals surface area contributed by atoms with E-state index in [1.54, 1.807) is 24.3 Å². The smallest absolute Gasteiger partial charge is 0.273 e. The first-order valence-corrected chi connectivity index (χ1v) is 7.04. The molecule has 128 valence electrons. The molecule has 0 spiro atoms. The van der Waals surface area contributed by atoms with Crippen molar-refractivity contribution < 1.29 is 22.8 Å². The molecule has 0 unspecified atom stereocenters. The fraction of sp³-hybridized carbons (Fsp3) is 0.214. The molecule has 0 bridgehead atoms. The van der Waals surface area contributed by atoms with E-state index in [-0.39, 0.29) is 6.42 Å². The minimum Gasteiger partial charge on any atom is -0.273 e. The van der Waals surface area contributed by atoms with E-state index in [4.69, 9.17) is 11.6 Å². The standard InChI is InChI=1S/C14H12ClF3N4O2/c15-10-3-1-9(2-4-10)7-12(23)19-20-13(24)8-22-6-5-11(21-22)14(16,17)18/h1-6H,7-8H2,(H,19,23)(H,20,24). The number of alkyl halides is 3. The van der Waals surface area contributed by atoms with Gasteiger partial charge in [0, 0.05) is 11.2 Å². The van der Waals surface area contributed by atoms with Crippen molar-refractivity contribution in [3.05, 3.63) is 52.8 Å². The van der Waals surface area contributed by atoms with Crippen molar-refractivity contribution in [2.75, 3.05) is 0 Å². The summed E-state index contributed by atoms with van der Waals surface area (Å²) in [7, 11) is 0. The summed E-state index contributed by atoms with van der Waals surface area (Å²) in [6, 6.07) is 7.32. The Labute approximate surface area is 139 Å². The molecule has 0 saturated heterocycles. The molecular weight excluding hydrogens is 349 g/mol. The largest absolute Gasteiger partial charge is 0.435 e. The molecule has 0 aliphatic heterocycles. The highest BCUT2D eigenvalue weighted by atomic mass is 35.5. The number of nitrogens with one attached hydrogen (secondary N) is 2. The topological polar surface area (TPSA) is 76.0 Å². The van der Waals surface area contributed by atoms with E-state index in [1.807, 2.05) is 0 Å².